The normalized spacial score (nSPS) is 10.7. The van der Waals surface area contributed by atoms with Gasteiger partial charge in [-0.15, -0.1) is 5.10 Å². The van der Waals surface area contributed by atoms with Crippen molar-refractivity contribution in [1.82, 2.24) is 25.1 Å². The van der Waals surface area contributed by atoms with Crippen molar-refractivity contribution >= 4 is 17.7 Å². The highest BCUT2D eigenvalue weighted by atomic mass is 32.2. The minimum Gasteiger partial charge on any atom is -0.494 e. The van der Waals surface area contributed by atoms with E-state index in [1.807, 2.05) is 30.3 Å². The molecule has 0 bridgehead atoms. The predicted molar refractivity (Wildman–Crippen MR) is 104 cm³/mol. The number of carbonyl (C=O) groups excluding carboxylic acids is 1. The molecule has 0 aliphatic carbocycles. The van der Waals surface area contributed by atoms with Gasteiger partial charge in [0.25, 0.3) is 0 Å². The van der Waals surface area contributed by atoms with Gasteiger partial charge in [-0.3, -0.25) is 4.79 Å². The Bertz CT molecular complexity index is 935. The Morgan fingerprint density at radius 1 is 1.21 bits per heavy atom. The third kappa shape index (κ3) is 5.07. The number of nitrogens with zero attached hydrogens (tertiary/aromatic N) is 5. The van der Waals surface area contributed by atoms with Gasteiger partial charge in [-0.1, -0.05) is 48.2 Å². The van der Waals surface area contributed by atoms with Crippen molar-refractivity contribution in [3.05, 3.63) is 65.5 Å². The maximum Gasteiger partial charge on any atom is 0.233 e. The lowest BCUT2D eigenvalue weighted by Gasteiger charge is -2.17. The SMILES string of the molecule is COc1ccc(CN(C)C(=O)CSc2nnnn2Cc2ccccc2)cc1F. The van der Waals surface area contributed by atoms with Crippen LogP contribution in [0.25, 0.3) is 0 Å². The summed E-state index contributed by atoms with van der Waals surface area (Å²) in [6.45, 7) is 0.834. The summed E-state index contributed by atoms with van der Waals surface area (Å²) in [4.78, 5) is 14.0. The number of tetrazole rings is 1. The summed E-state index contributed by atoms with van der Waals surface area (Å²) >= 11 is 1.27. The molecule has 0 atom stereocenters. The molecule has 0 radical (unpaired) electrons. The molecule has 146 valence electrons. The first-order valence-corrected chi connectivity index (χ1v) is 9.54. The molecule has 1 aromatic heterocycles. The number of rotatable bonds is 8. The molecule has 0 aliphatic rings. The van der Waals surface area contributed by atoms with Crippen molar-refractivity contribution in [2.75, 3.05) is 19.9 Å². The van der Waals surface area contributed by atoms with Crippen molar-refractivity contribution in [1.29, 1.82) is 0 Å². The second-order valence-electron chi connectivity index (χ2n) is 6.11. The topological polar surface area (TPSA) is 73.1 Å². The quantitative estimate of drug-likeness (QED) is 0.540. The Morgan fingerprint density at radius 2 is 2.00 bits per heavy atom. The Kier molecular flexibility index (Phi) is 6.59. The zero-order chi connectivity index (χ0) is 19.9. The van der Waals surface area contributed by atoms with Crippen LogP contribution in [0.2, 0.25) is 0 Å². The van der Waals surface area contributed by atoms with Crippen molar-refractivity contribution in [3.63, 3.8) is 0 Å². The summed E-state index contributed by atoms with van der Waals surface area (Å²) in [6.07, 6.45) is 0. The number of ether oxygens (including phenoxy) is 1. The van der Waals surface area contributed by atoms with Crippen LogP contribution < -0.4 is 4.74 Å². The predicted octanol–water partition coefficient (Wildman–Crippen LogP) is 2.62. The second kappa shape index (κ2) is 9.32. The number of methoxy groups -OCH3 is 1. The molecule has 0 saturated heterocycles. The minimum absolute atomic E-state index is 0.101. The lowest BCUT2D eigenvalue weighted by atomic mass is 10.2. The molecule has 3 aromatic rings. The average Bonchev–Trinajstić information content (AvgIpc) is 3.14. The van der Waals surface area contributed by atoms with Gasteiger partial charge in [0.1, 0.15) is 0 Å². The zero-order valence-electron chi connectivity index (χ0n) is 15.6. The third-order valence-corrected chi connectivity index (χ3v) is 5.00. The Labute approximate surface area is 166 Å². The standard InChI is InChI=1S/C19H20FN5O2S/c1-24(11-15-8-9-17(27-2)16(20)10-15)18(26)13-28-19-21-22-23-25(19)12-14-6-4-3-5-7-14/h3-10H,11-13H2,1-2H3. The van der Waals surface area contributed by atoms with Gasteiger partial charge >= 0.3 is 0 Å². The van der Waals surface area contributed by atoms with E-state index in [4.69, 9.17) is 4.74 Å². The van der Waals surface area contributed by atoms with Crippen LogP contribution in [-0.4, -0.2) is 50.9 Å². The molecule has 0 saturated carbocycles. The molecular formula is C19H20FN5O2S. The van der Waals surface area contributed by atoms with E-state index >= 15 is 0 Å². The summed E-state index contributed by atoms with van der Waals surface area (Å²) in [7, 11) is 3.09. The number of carbonyl (C=O) groups is 1. The van der Waals surface area contributed by atoms with Gasteiger partial charge in [0, 0.05) is 13.6 Å². The number of benzene rings is 2. The van der Waals surface area contributed by atoms with Crippen molar-refractivity contribution in [3.8, 4) is 5.75 Å². The lowest BCUT2D eigenvalue weighted by molar-refractivity contribution is -0.127. The van der Waals surface area contributed by atoms with Crippen LogP contribution in [0.5, 0.6) is 5.75 Å². The Morgan fingerprint density at radius 3 is 2.71 bits per heavy atom. The fourth-order valence-corrected chi connectivity index (χ4v) is 3.38. The van der Waals surface area contributed by atoms with Crippen LogP contribution in [0.15, 0.2) is 53.7 Å². The zero-order valence-corrected chi connectivity index (χ0v) is 16.4. The van der Waals surface area contributed by atoms with Crippen molar-refractivity contribution < 1.29 is 13.9 Å². The summed E-state index contributed by atoms with van der Waals surface area (Å²) in [6, 6.07) is 14.5. The van der Waals surface area contributed by atoms with Gasteiger partial charge in [0.05, 0.1) is 19.4 Å². The van der Waals surface area contributed by atoms with E-state index in [2.05, 4.69) is 15.5 Å². The van der Waals surface area contributed by atoms with Crippen LogP contribution in [0, 0.1) is 5.82 Å². The molecule has 28 heavy (non-hydrogen) atoms. The molecule has 0 unspecified atom stereocenters. The molecule has 3 rings (SSSR count). The smallest absolute Gasteiger partial charge is 0.233 e. The summed E-state index contributed by atoms with van der Waals surface area (Å²) in [5.74, 6) is -0.186. The monoisotopic (exact) mass is 401 g/mol. The molecule has 0 fully saturated rings. The number of hydrogen-bond acceptors (Lipinski definition) is 6. The molecule has 0 aliphatic heterocycles. The molecule has 7 nitrogen and oxygen atoms in total. The highest BCUT2D eigenvalue weighted by molar-refractivity contribution is 7.99. The lowest BCUT2D eigenvalue weighted by Crippen LogP contribution is -2.28. The highest BCUT2D eigenvalue weighted by Crippen LogP contribution is 2.19. The van der Waals surface area contributed by atoms with Gasteiger partial charge in [0.2, 0.25) is 11.1 Å². The summed E-state index contributed by atoms with van der Waals surface area (Å²) in [5, 5.41) is 12.2. The second-order valence-corrected chi connectivity index (χ2v) is 7.05. The van der Waals surface area contributed by atoms with Gasteiger partial charge in [-0.2, -0.15) is 0 Å². The first-order valence-electron chi connectivity index (χ1n) is 8.56. The molecule has 1 amide bonds. The van der Waals surface area contributed by atoms with E-state index in [9.17, 15) is 9.18 Å². The molecule has 1 heterocycles. The summed E-state index contributed by atoms with van der Waals surface area (Å²) < 4.78 is 20.4. The maximum atomic E-state index is 13.8. The van der Waals surface area contributed by atoms with E-state index in [1.54, 1.807) is 28.8 Å². The van der Waals surface area contributed by atoms with E-state index in [-0.39, 0.29) is 17.4 Å². The van der Waals surface area contributed by atoms with Crippen molar-refractivity contribution in [2.45, 2.75) is 18.2 Å². The van der Waals surface area contributed by atoms with E-state index in [0.29, 0.717) is 23.8 Å². The Balaban J connectivity index is 1.55. The van der Waals surface area contributed by atoms with E-state index < -0.39 is 5.82 Å². The van der Waals surface area contributed by atoms with Crippen LogP contribution in [0.4, 0.5) is 4.39 Å². The molecule has 2 aromatic carbocycles. The molecule has 0 spiro atoms. The van der Waals surface area contributed by atoms with Gasteiger partial charge < -0.3 is 9.64 Å². The van der Waals surface area contributed by atoms with E-state index in [0.717, 1.165) is 5.56 Å². The minimum atomic E-state index is -0.449. The number of halogens is 1. The fraction of sp³-hybridized carbons (Fsp3) is 0.263. The molecular weight excluding hydrogens is 381 g/mol. The van der Waals surface area contributed by atoms with Gasteiger partial charge in [-0.05, 0) is 33.7 Å². The van der Waals surface area contributed by atoms with Crippen LogP contribution >= 0.6 is 11.8 Å². The maximum absolute atomic E-state index is 13.8. The fourth-order valence-electron chi connectivity index (χ4n) is 2.56. The Hall–Kier alpha value is -2.94. The number of amides is 1. The average molecular weight is 401 g/mol. The van der Waals surface area contributed by atoms with Crippen LogP contribution in [0.3, 0.4) is 0 Å². The molecule has 9 heteroatoms. The van der Waals surface area contributed by atoms with Gasteiger partial charge in [-0.25, -0.2) is 9.07 Å². The molecule has 0 N–H and O–H groups in total. The highest BCUT2D eigenvalue weighted by Gasteiger charge is 2.14. The number of aromatic nitrogens is 4. The third-order valence-electron chi connectivity index (χ3n) is 4.06. The van der Waals surface area contributed by atoms with Crippen molar-refractivity contribution in [2.24, 2.45) is 0 Å². The largest absolute Gasteiger partial charge is 0.494 e. The van der Waals surface area contributed by atoms with Crippen LogP contribution in [-0.2, 0) is 17.9 Å². The van der Waals surface area contributed by atoms with Gasteiger partial charge in [0.15, 0.2) is 11.6 Å². The summed E-state index contributed by atoms with van der Waals surface area (Å²) in [5.41, 5.74) is 1.76. The number of hydrogen-bond donors (Lipinski definition) is 0. The first kappa shape index (κ1) is 19.8. The van der Waals surface area contributed by atoms with E-state index in [1.165, 1.54) is 24.9 Å². The van der Waals surface area contributed by atoms with Crippen LogP contribution in [0.1, 0.15) is 11.1 Å². The first-order chi connectivity index (χ1) is 13.6. The number of thioether (sulfide) groups is 1.